The molecular formula is C26H31N5O3S. The fourth-order valence-corrected chi connectivity index (χ4v) is 5.20. The summed E-state index contributed by atoms with van der Waals surface area (Å²) < 4.78 is 0. The van der Waals surface area contributed by atoms with Crippen LogP contribution >= 0.6 is 11.8 Å². The minimum Gasteiger partial charge on any atom is -0.351 e. The summed E-state index contributed by atoms with van der Waals surface area (Å²) in [6.07, 6.45) is 3.44. The smallest absolute Gasteiger partial charge is 0.269 e. The summed E-state index contributed by atoms with van der Waals surface area (Å²) in [5.74, 6) is -0.808. The summed E-state index contributed by atoms with van der Waals surface area (Å²) in [7, 11) is 0. The molecule has 0 unspecified atom stereocenters. The summed E-state index contributed by atoms with van der Waals surface area (Å²) in [5.41, 5.74) is 5.88. The molecule has 0 spiro atoms. The summed E-state index contributed by atoms with van der Waals surface area (Å²) in [5, 5.41) is 4.82. The number of aliphatic imine (C=N–C) groups is 1. The number of hydrazine groups is 1. The van der Waals surface area contributed by atoms with E-state index in [1.165, 1.54) is 18.2 Å². The van der Waals surface area contributed by atoms with E-state index >= 15 is 0 Å². The summed E-state index contributed by atoms with van der Waals surface area (Å²) in [6.45, 7) is 6.39. The zero-order valence-electron chi connectivity index (χ0n) is 20.1. The van der Waals surface area contributed by atoms with Gasteiger partial charge >= 0.3 is 0 Å². The maximum absolute atomic E-state index is 12.9. The van der Waals surface area contributed by atoms with Gasteiger partial charge in [0.25, 0.3) is 11.8 Å². The van der Waals surface area contributed by atoms with Gasteiger partial charge in [0, 0.05) is 37.3 Å². The molecule has 184 valence electrons. The summed E-state index contributed by atoms with van der Waals surface area (Å²) in [6, 6.07) is 14.7. The molecule has 4 rings (SSSR count). The maximum Gasteiger partial charge on any atom is 0.269 e. The van der Waals surface area contributed by atoms with Crippen molar-refractivity contribution in [2.45, 2.75) is 44.8 Å². The number of nitrogens with one attached hydrogen (secondary N) is 2. The largest absolute Gasteiger partial charge is 0.351 e. The second-order valence-corrected chi connectivity index (χ2v) is 9.91. The van der Waals surface area contributed by atoms with Gasteiger partial charge in [0.15, 0.2) is 5.17 Å². The van der Waals surface area contributed by atoms with Crippen LogP contribution in [-0.4, -0.2) is 52.7 Å². The first kappa shape index (κ1) is 24.8. The SMILES string of the molecule is CCN(NC(=O)c1cccc(NC(=O)C[C@@H]2SC(N3CCCCC3)=NC2=O)c1)c1ccc(C)cc1. The topological polar surface area (TPSA) is 94.1 Å². The van der Waals surface area contributed by atoms with Gasteiger partial charge in [-0.1, -0.05) is 35.5 Å². The van der Waals surface area contributed by atoms with Crippen LogP contribution in [0.4, 0.5) is 11.4 Å². The molecule has 0 bridgehead atoms. The molecule has 3 amide bonds. The maximum atomic E-state index is 12.9. The molecule has 0 aromatic heterocycles. The van der Waals surface area contributed by atoms with Gasteiger partial charge in [-0.25, -0.2) is 0 Å². The molecule has 1 saturated heterocycles. The molecule has 35 heavy (non-hydrogen) atoms. The first-order valence-electron chi connectivity index (χ1n) is 12.0. The lowest BCUT2D eigenvalue weighted by Gasteiger charge is -2.27. The zero-order chi connectivity index (χ0) is 24.8. The molecule has 2 aromatic rings. The zero-order valence-corrected chi connectivity index (χ0v) is 20.9. The average Bonchev–Trinajstić information content (AvgIpc) is 3.23. The Morgan fingerprint density at radius 2 is 1.86 bits per heavy atom. The third-order valence-corrected chi connectivity index (χ3v) is 7.25. The molecule has 0 aliphatic carbocycles. The van der Waals surface area contributed by atoms with Crippen LogP contribution < -0.4 is 15.8 Å². The number of nitrogens with zero attached hydrogens (tertiary/aromatic N) is 3. The Kier molecular flexibility index (Phi) is 8.07. The molecule has 9 heteroatoms. The lowest BCUT2D eigenvalue weighted by molar-refractivity contribution is -0.121. The van der Waals surface area contributed by atoms with Gasteiger partial charge in [0.1, 0.15) is 5.25 Å². The number of amidine groups is 1. The number of carbonyl (C=O) groups is 3. The van der Waals surface area contributed by atoms with Crippen LogP contribution in [0.1, 0.15) is 48.5 Å². The van der Waals surface area contributed by atoms with E-state index in [1.807, 2.05) is 38.1 Å². The Bertz CT molecular complexity index is 1110. The number of piperidine rings is 1. The van der Waals surface area contributed by atoms with Gasteiger partial charge in [-0.05, 0) is 63.4 Å². The van der Waals surface area contributed by atoms with E-state index in [0.717, 1.165) is 42.3 Å². The fraction of sp³-hybridized carbons (Fsp3) is 0.385. The third kappa shape index (κ3) is 6.42. The molecule has 2 N–H and O–H groups in total. The van der Waals surface area contributed by atoms with Gasteiger partial charge in [-0.3, -0.25) is 24.8 Å². The highest BCUT2D eigenvalue weighted by Gasteiger charge is 2.33. The molecule has 2 heterocycles. The van der Waals surface area contributed by atoms with Crippen molar-refractivity contribution >= 4 is 46.0 Å². The number of hydrogen-bond donors (Lipinski definition) is 2. The molecule has 2 aliphatic heterocycles. The highest BCUT2D eigenvalue weighted by molar-refractivity contribution is 8.15. The minimum atomic E-state index is -0.508. The van der Waals surface area contributed by atoms with Crippen molar-refractivity contribution in [2.24, 2.45) is 4.99 Å². The predicted octanol–water partition coefficient (Wildman–Crippen LogP) is 3.98. The van der Waals surface area contributed by atoms with Gasteiger partial charge in [0.2, 0.25) is 5.91 Å². The van der Waals surface area contributed by atoms with Crippen molar-refractivity contribution in [1.29, 1.82) is 0 Å². The van der Waals surface area contributed by atoms with E-state index in [-0.39, 0.29) is 24.1 Å². The van der Waals surface area contributed by atoms with E-state index in [9.17, 15) is 14.4 Å². The number of carbonyl (C=O) groups excluding carboxylic acids is 3. The third-order valence-electron chi connectivity index (χ3n) is 6.03. The van der Waals surface area contributed by atoms with Crippen LogP contribution in [0.2, 0.25) is 0 Å². The van der Waals surface area contributed by atoms with Crippen molar-refractivity contribution in [3.63, 3.8) is 0 Å². The Morgan fingerprint density at radius 3 is 2.57 bits per heavy atom. The Labute approximate surface area is 210 Å². The van der Waals surface area contributed by atoms with Crippen LogP contribution in [0, 0.1) is 6.92 Å². The molecule has 2 aliphatic rings. The van der Waals surface area contributed by atoms with Crippen molar-refractivity contribution in [1.82, 2.24) is 10.3 Å². The lowest BCUT2D eigenvalue weighted by atomic mass is 10.1. The Hall–Kier alpha value is -3.33. The number of amides is 3. The van der Waals surface area contributed by atoms with Gasteiger partial charge < -0.3 is 10.2 Å². The van der Waals surface area contributed by atoms with E-state index in [4.69, 9.17) is 0 Å². The quantitative estimate of drug-likeness (QED) is 0.567. The van der Waals surface area contributed by atoms with Crippen molar-refractivity contribution in [3.05, 3.63) is 59.7 Å². The van der Waals surface area contributed by atoms with E-state index in [1.54, 1.807) is 29.3 Å². The molecule has 2 aromatic carbocycles. The minimum absolute atomic E-state index is 0.0395. The van der Waals surface area contributed by atoms with Gasteiger partial charge in [-0.15, -0.1) is 0 Å². The van der Waals surface area contributed by atoms with Gasteiger partial charge in [0.05, 0.1) is 5.69 Å². The highest BCUT2D eigenvalue weighted by Crippen LogP contribution is 2.29. The second kappa shape index (κ2) is 11.4. The Morgan fingerprint density at radius 1 is 1.11 bits per heavy atom. The van der Waals surface area contributed by atoms with Crippen molar-refractivity contribution in [2.75, 3.05) is 30.0 Å². The number of aryl methyl sites for hydroxylation is 1. The average molecular weight is 494 g/mol. The highest BCUT2D eigenvalue weighted by atomic mass is 32.2. The summed E-state index contributed by atoms with van der Waals surface area (Å²) >= 11 is 1.38. The van der Waals surface area contributed by atoms with Crippen LogP contribution in [0.3, 0.4) is 0 Å². The van der Waals surface area contributed by atoms with Crippen LogP contribution in [0.15, 0.2) is 53.5 Å². The fourth-order valence-electron chi connectivity index (χ4n) is 4.09. The first-order chi connectivity index (χ1) is 16.9. The predicted molar refractivity (Wildman–Crippen MR) is 141 cm³/mol. The van der Waals surface area contributed by atoms with E-state index < -0.39 is 5.25 Å². The molecule has 8 nitrogen and oxygen atoms in total. The van der Waals surface area contributed by atoms with Crippen molar-refractivity contribution in [3.8, 4) is 0 Å². The number of likely N-dealkylation sites (tertiary alicyclic amines) is 1. The second-order valence-electron chi connectivity index (χ2n) is 8.74. The molecule has 1 atom stereocenters. The summed E-state index contributed by atoms with van der Waals surface area (Å²) in [4.78, 5) is 44.2. The Balaban J connectivity index is 1.33. The van der Waals surface area contributed by atoms with E-state index in [2.05, 4.69) is 20.6 Å². The lowest BCUT2D eigenvalue weighted by Crippen LogP contribution is -2.42. The molecular weight excluding hydrogens is 462 g/mol. The monoisotopic (exact) mass is 493 g/mol. The van der Waals surface area contributed by atoms with Crippen LogP contribution in [-0.2, 0) is 9.59 Å². The van der Waals surface area contributed by atoms with Crippen molar-refractivity contribution < 1.29 is 14.4 Å². The van der Waals surface area contributed by atoms with Crippen LogP contribution in [0.5, 0.6) is 0 Å². The molecule has 0 saturated carbocycles. The number of thioether (sulfide) groups is 1. The normalized spacial score (nSPS) is 17.7. The van der Waals surface area contributed by atoms with Crippen LogP contribution in [0.25, 0.3) is 0 Å². The van der Waals surface area contributed by atoms with E-state index in [0.29, 0.717) is 17.8 Å². The number of rotatable bonds is 7. The first-order valence-corrected chi connectivity index (χ1v) is 12.9. The number of anilines is 2. The number of hydrogen-bond acceptors (Lipinski definition) is 6. The standard InChI is InChI=1S/C26H31N5O3S/c1-3-31(21-12-10-18(2)11-13-21)29-24(33)19-8-7-9-20(16-19)27-23(32)17-22-25(34)28-26(35-22)30-14-5-4-6-15-30/h7-13,16,22H,3-6,14-15,17H2,1-2H3,(H,27,32)(H,29,33)/t22-/m0/s1. The molecule has 0 radical (unpaired) electrons. The van der Waals surface area contributed by atoms with Gasteiger partial charge in [-0.2, -0.15) is 4.99 Å². The molecule has 1 fully saturated rings. The number of benzene rings is 2.